The largest absolute Gasteiger partial charge is 0.328 e. The molecule has 0 bridgehead atoms. The summed E-state index contributed by atoms with van der Waals surface area (Å²) in [7, 11) is 1.94. The van der Waals surface area contributed by atoms with E-state index in [1.54, 1.807) is 18.5 Å². The van der Waals surface area contributed by atoms with Gasteiger partial charge in [-0.1, -0.05) is 23.7 Å². The van der Waals surface area contributed by atoms with Crippen LogP contribution < -0.4 is 15.6 Å². The van der Waals surface area contributed by atoms with E-state index >= 15 is 0 Å². The molecule has 7 rings (SSSR count). The number of rotatable bonds is 4. The molecule has 2 fully saturated rings. The zero-order chi connectivity index (χ0) is 24.6. The molecule has 36 heavy (non-hydrogen) atoms. The van der Waals surface area contributed by atoms with Crippen LogP contribution in [-0.2, 0) is 12.0 Å². The fraction of sp³-hybridized carbons (Fsp3) is 0.321. The number of nitrogens with zero attached hydrogens (tertiary/aromatic N) is 4. The quantitative estimate of drug-likeness (QED) is 0.400. The average molecular weight is 502 g/mol. The van der Waals surface area contributed by atoms with Crippen LogP contribution in [0.25, 0.3) is 22.2 Å². The second-order valence-corrected chi connectivity index (χ2v) is 10.7. The molecule has 3 aliphatic rings. The van der Waals surface area contributed by atoms with Gasteiger partial charge in [0.15, 0.2) is 0 Å². The highest BCUT2D eigenvalue weighted by atomic mass is 35.5. The predicted molar refractivity (Wildman–Crippen MR) is 140 cm³/mol. The first-order chi connectivity index (χ1) is 17.4. The Morgan fingerprint density at radius 2 is 2.06 bits per heavy atom. The van der Waals surface area contributed by atoms with Gasteiger partial charge in [0.2, 0.25) is 11.4 Å². The third kappa shape index (κ3) is 3.37. The molecular formula is C28H25ClFN5O. The maximum absolute atomic E-state index is 14.7. The van der Waals surface area contributed by atoms with Crippen LogP contribution in [-0.4, -0.2) is 28.1 Å². The second kappa shape index (κ2) is 7.85. The summed E-state index contributed by atoms with van der Waals surface area (Å²) in [6.45, 7) is 1.92. The van der Waals surface area contributed by atoms with Crippen LogP contribution in [0, 0.1) is 5.82 Å². The van der Waals surface area contributed by atoms with Crippen molar-refractivity contribution in [2.24, 2.45) is 0 Å². The van der Waals surface area contributed by atoms with Crippen molar-refractivity contribution < 1.29 is 4.39 Å². The van der Waals surface area contributed by atoms with E-state index in [1.165, 1.54) is 36.1 Å². The normalized spacial score (nSPS) is 17.9. The summed E-state index contributed by atoms with van der Waals surface area (Å²) < 4.78 is 16.7. The summed E-state index contributed by atoms with van der Waals surface area (Å²) in [5, 5.41) is 4.13. The van der Waals surface area contributed by atoms with Gasteiger partial charge in [-0.15, -0.1) is 0 Å². The number of aromatic nitrogens is 3. The minimum Gasteiger partial charge on any atom is -0.328 e. The summed E-state index contributed by atoms with van der Waals surface area (Å²) in [4.78, 5) is 24.8. The van der Waals surface area contributed by atoms with E-state index in [9.17, 15) is 9.18 Å². The first-order valence-electron chi connectivity index (χ1n) is 12.4. The molecule has 1 spiro atoms. The fourth-order valence-corrected chi connectivity index (χ4v) is 5.81. The van der Waals surface area contributed by atoms with Gasteiger partial charge >= 0.3 is 0 Å². The zero-order valence-corrected chi connectivity index (χ0v) is 20.6. The molecule has 2 aromatic carbocycles. The third-order valence-corrected chi connectivity index (χ3v) is 8.23. The molecule has 0 atom stereocenters. The highest BCUT2D eigenvalue weighted by molar-refractivity contribution is 6.33. The molecule has 0 unspecified atom stereocenters. The highest BCUT2D eigenvalue weighted by Gasteiger charge is 2.46. The van der Waals surface area contributed by atoms with Gasteiger partial charge in [-0.25, -0.2) is 9.37 Å². The smallest absolute Gasteiger partial charge is 0.231 e. The third-order valence-electron chi connectivity index (χ3n) is 7.91. The van der Waals surface area contributed by atoms with Crippen molar-refractivity contribution in [3.63, 3.8) is 0 Å². The van der Waals surface area contributed by atoms with Crippen molar-refractivity contribution in [1.29, 1.82) is 0 Å². The van der Waals surface area contributed by atoms with Gasteiger partial charge in [-0.3, -0.25) is 4.79 Å². The fourth-order valence-electron chi connectivity index (χ4n) is 5.55. The SMILES string of the molecule is CN(c1ccc2c(c1)CNCC21CC1)c1ncc2c(=O)c(-c3c(F)cccc3Cl)cn(C3CC3)c2n1. The van der Waals surface area contributed by atoms with E-state index < -0.39 is 5.82 Å². The lowest BCUT2D eigenvalue weighted by molar-refractivity contribution is 0.531. The van der Waals surface area contributed by atoms with E-state index in [-0.39, 0.29) is 27.6 Å². The first-order valence-corrected chi connectivity index (χ1v) is 12.8. The lowest BCUT2D eigenvalue weighted by atomic mass is 9.88. The standard InChI is InChI=1S/C28H25ClFN5O/c1-34(18-7-8-21-16(11-18)12-31-15-28(21)9-10-28)27-32-13-19-25(36)20(24-22(29)3-2-4-23(24)30)14-35(17-5-6-17)26(19)33-27/h2-4,7-8,11,13-14,17,31H,5-6,9-10,12,15H2,1H3. The van der Waals surface area contributed by atoms with Gasteiger partial charge in [0.05, 0.1) is 16.0 Å². The number of hydrogen-bond acceptors (Lipinski definition) is 5. The van der Waals surface area contributed by atoms with E-state index in [2.05, 4.69) is 28.5 Å². The molecule has 3 heterocycles. The van der Waals surface area contributed by atoms with Crippen LogP contribution in [0.4, 0.5) is 16.0 Å². The first kappa shape index (κ1) is 21.9. The van der Waals surface area contributed by atoms with Crippen molar-refractivity contribution in [2.75, 3.05) is 18.5 Å². The summed E-state index contributed by atoms with van der Waals surface area (Å²) in [5.74, 6) is -0.00808. The van der Waals surface area contributed by atoms with E-state index in [1.807, 2.05) is 16.5 Å². The summed E-state index contributed by atoms with van der Waals surface area (Å²) in [5.41, 5.74) is 4.71. The summed E-state index contributed by atoms with van der Waals surface area (Å²) >= 11 is 6.31. The Hall–Kier alpha value is -3.29. The Kier molecular flexibility index (Phi) is 4.79. The van der Waals surface area contributed by atoms with Gasteiger partial charge in [-0.05, 0) is 61.1 Å². The molecule has 8 heteroatoms. The Labute approximate surface area is 212 Å². The lowest BCUT2D eigenvalue weighted by Crippen LogP contribution is -2.33. The predicted octanol–water partition coefficient (Wildman–Crippen LogP) is 5.49. The Bertz CT molecular complexity index is 1590. The van der Waals surface area contributed by atoms with E-state index in [0.29, 0.717) is 22.4 Å². The van der Waals surface area contributed by atoms with Gasteiger partial charge in [0.1, 0.15) is 11.5 Å². The molecule has 0 amide bonds. The zero-order valence-electron chi connectivity index (χ0n) is 19.9. The van der Waals surface area contributed by atoms with Gasteiger partial charge < -0.3 is 14.8 Å². The number of nitrogens with one attached hydrogen (secondary N) is 1. The number of halogens is 2. The molecule has 4 aromatic rings. The lowest BCUT2D eigenvalue weighted by Gasteiger charge is -2.28. The van der Waals surface area contributed by atoms with Crippen LogP contribution in [0.1, 0.15) is 42.9 Å². The molecule has 2 aliphatic carbocycles. The number of fused-ring (bicyclic) bond motifs is 3. The number of hydrogen-bond donors (Lipinski definition) is 1. The molecular weight excluding hydrogens is 477 g/mol. The number of anilines is 2. The Morgan fingerprint density at radius 1 is 1.22 bits per heavy atom. The van der Waals surface area contributed by atoms with E-state index in [4.69, 9.17) is 16.6 Å². The molecule has 1 aliphatic heterocycles. The average Bonchev–Trinajstić information content (AvgIpc) is 3.82. The van der Waals surface area contributed by atoms with Crippen molar-refractivity contribution in [3.05, 3.63) is 81.0 Å². The maximum atomic E-state index is 14.7. The number of benzene rings is 2. The van der Waals surface area contributed by atoms with Gasteiger partial charge in [0.25, 0.3) is 0 Å². The van der Waals surface area contributed by atoms with Crippen molar-refractivity contribution in [3.8, 4) is 11.1 Å². The van der Waals surface area contributed by atoms with Gasteiger partial charge in [0, 0.05) is 55.2 Å². The second-order valence-electron chi connectivity index (χ2n) is 10.3. The van der Waals surface area contributed by atoms with Gasteiger partial charge in [-0.2, -0.15) is 4.98 Å². The van der Waals surface area contributed by atoms with Crippen LogP contribution in [0.5, 0.6) is 0 Å². The molecule has 0 radical (unpaired) electrons. The topological polar surface area (TPSA) is 63.1 Å². The highest BCUT2D eigenvalue weighted by Crippen LogP contribution is 2.51. The van der Waals surface area contributed by atoms with Crippen LogP contribution in [0.2, 0.25) is 5.02 Å². The van der Waals surface area contributed by atoms with Crippen LogP contribution >= 0.6 is 11.6 Å². The molecule has 182 valence electrons. The van der Waals surface area contributed by atoms with Crippen molar-refractivity contribution in [2.45, 2.75) is 43.7 Å². The molecule has 2 saturated carbocycles. The minimum absolute atomic E-state index is 0.123. The monoisotopic (exact) mass is 501 g/mol. The summed E-state index contributed by atoms with van der Waals surface area (Å²) in [6, 6.07) is 11.3. The van der Waals surface area contributed by atoms with Crippen molar-refractivity contribution in [1.82, 2.24) is 19.9 Å². The van der Waals surface area contributed by atoms with E-state index in [0.717, 1.165) is 31.6 Å². The van der Waals surface area contributed by atoms with Crippen LogP contribution in [0.3, 0.4) is 0 Å². The number of pyridine rings is 1. The summed E-state index contributed by atoms with van der Waals surface area (Å²) in [6.07, 6.45) is 7.73. The minimum atomic E-state index is -0.520. The molecule has 0 saturated heterocycles. The maximum Gasteiger partial charge on any atom is 0.231 e. The Balaban J connectivity index is 1.33. The van der Waals surface area contributed by atoms with Crippen LogP contribution in [0.15, 0.2) is 53.6 Å². The Morgan fingerprint density at radius 3 is 2.81 bits per heavy atom. The van der Waals surface area contributed by atoms with Crippen molar-refractivity contribution >= 4 is 34.3 Å². The molecule has 2 aromatic heterocycles. The molecule has 6 nitrogen and oxygen atoms in total. The molecule has 1 N–H and O–H groups in total.